The zero-order valence-corrected chi connectivity index (χ0v) is 12.0. The molecule has 0 radical (unpaired) electrons. The molecule has 2 aromatic heterocycles. The molecular weight excluding hydrogens is 328 g/mol. The Morgan fingerprint density at radius 1 is 1.21 bits per heavy atom. The van der Waals surface area contributed by atoms with Gasteiger partial charge >= 0.3 is 6.18 Å². The third-order valence-corrected chi connectivity index (χ3v) is 4.01. The molecule has 1 aliphatic carbocycles. The fraction of sp³-hybridized carbons (Fsp3) is 0.267. The van der Waals surface area contributed by atoms with Crippen LogP contribution in [-0.2, 0) is 6.18 Å². The molecule has 1 aliphatic rings. The summed E-state index contributed by atoms with van der Waals surface area (Å²) in [5.41, 5.74) is -0.244. The molecule has 1 N–H and O–H groups in total. The fourth-order valence-electron chi connectivity index (χ4n) is 2.65. The van der Waals surface area contributed by atoms with Crippen molar-refractivity contribution in [1.82, 2.24) is 20.1 Å². The molecule has 0 bridgehead atoms. The minimum absolute atomic E-state index is 0.00390. The first-order valence-corrected chi connectivity index (χ1v) is 7.12. The third kappa shape index (κ3) is 2.55. The maximum Gasteiger partial charge on any atom is 0.416 e. The summed E-state index contributed by atoms with van der Waals surface area (Å²) >= 11 is 0. The van der Waals surface area contributed by atoms with Crippen molar-refractivity contribution in [1.29, 1.82) is 0 Å². The average Bonchev–Trinajstić information content (AvgIpc) is 2.97. The molecule has 9 heteroatoms. The molecule has 0 saturated heterocycles. The van der Waals surface area contributed by atoms with Gasteiger partial charge in [-0.05, 0) is 24.6 Å². The number of imidazole rings is 1. The number of halogens is 4. The van der Waals surface area contributed by atoms with Crippen LogP contribution in [0.25, 0.3) is 11.4 Å². The van der Waals surface area contributed by atoms with Crippen LogP contribution in [-0.4, -0.2) is 20.1 Å². The normalized spacial score (nSPS) is 20.3. The van der Waals surface area contributed by atoms with E-state index in [1.165, 1.54) is 0 Å². The number of nitrogens with zero attached hydrogens (tertiary/aromatic N) is 3. The third-order valence-electron chi connectivity index (χ3n) is 4.01. The van der Waals surface area contributed by atoms with Gasteiger partial charge in [0.1, 0.15) is 5.82 Å². The van der Waals surface area contributed by atoms with Crippen LogP contribution < -0.4 is 0 Å². The summed E-state index contributed by atoms with van der Waals surface area (Å²) in [5.74, 6) is -0.587. The summed E-state index contributed by atoms with van der Waals surface area (Å²) in [6.45, 7) is 0. The number of hydrogen-bond acceptors (Lipinski definition) is 4. The Balaban J connectivity index is 1.58. The summed E-state index contributed by atoms with van der Waals surface area (Å²) < 4.78 is 56.8. The van der Waals surface area contributed by atoms with Gasteiger partial charge in [0.25, 0.3) is 0 Å². The number of benzene rings is 1. The lowest BCUT2D eigenvalue weighted by molar-refractivity contribution is -0.137. The van der Waals surface area contributed by atoms with Crippen LogP contribution in [0, 0.1) is 5.82 Å². The van der Waals surface area contributed by atoms with Crippen molar-refractivity contribution >= 4 is 0 Å². The van der Waals surface area contributed by atoms with Crippen LogP contribution in [0.1, 0.15) is 35.4 Å². The van der Waals surface area contributed by atoms with Crippen molar-refractivity contribution < 1.29 is 22.1 Å². The smallest absolute Gasteiger partial charge is 0.348 e. The minimum Gasteiger partial charge on any atom is -0.348 e. The van der Waals surface area contributed by atoms with E-state index in [9.17, 15) is 17.6 Å². The summed E-state index contributed by atoms with van der Waals surface area (Å²) in [6, 6.07) is 2.22. The topological polar surface area (TPSA) is 67.6 Å². The molecule has 0 amide bonds. The Hall–Kier alpha value is -2.71. The Labute approximate surface area is 132 Å². The first-order valence-electron chi connectivity index (χ1n) is 7.12. The molecule has 1 aromatic carbocycles. The Kier molecular flexibility index (Phi) is 3.19. The van der Waals surface area contributed by atoms with Gasteiger partial charge in [-0.15, -0.1) is 0 Å². The van der Waals surface area contributed by atoms with Gasteiger partial charge in [0, 0.05) is 23.7 Å². The number of rotatable bonds is 3. The van der Waals surface area contributed by atoms with Gasteiger partial charge in [-0.25, -0.2) is 9.37 Å². The molecule has 2 heterocycles. The van der Waals surface area contributed by atoms with Gasteiger partial charge < -0.3 is 9.51 Å². The lowest BCUT2D eigenvalue weighted by Gasteiger charge is -2.07. The van der Waals surface area contributed by atoms with Crippen molar-refractivity contribution in [3.8, 4) is 11.4 Å². The van der Waals surface area contributed by atoms with Crippen LogP contribution in [0.3, 0.4) is 0 Å². The van der Waals surface area contributed by atoms with Crippen LogP contribution in [0.2, 0.25) is 0 Å². The van der Waals surface area contributed by atoms with E-state index in [-0.39, 0.29) is 23.2 Å². The Bertz CT molecular complexity index is 872. The lowest BCUT2D eigenvalue weighted by atomic mass is 10.1. The van der Waals surface area contributed by atoms with Gasteiger partial charge in [-0.3, -0.25) is 0 Å². The maximum absolute atomic E-state index is 14.0. The van der Waals surface area contributed by atoms with E-state index >= 15 is 0 Å². The number of hydrogen-bond donors (Lipinski definition) is 1. The molecule has 0 unspecified atom stereocenters. The predicted octanol–water partition coefficient (Wildman–Crippen LogP) is 3.89. The summed E-state index contributed by atoms with van der Waals surface area (Å²) in [7, 11) is 0. The highest BCUT2D eigenvalue weighted by atomic mass is 19.4. The summed E-state index contributed by atoms with van der Waals surface area (Å²) in [5, 5.41) is 3.68. The number of aromatic amines is 1. The molecule has 0 spiro atoms. The largest absolute Gasteiger partial charge is 0.416 e. The molecular formula is C15H10F4N4O. The molecule has 124 valence electrons. The van der Waals surface area contributed by atoms with Crippen LogP contribution >= 0.6 is 0 Å². The van der Waals surface area contributed by atoms with E-state index in [1.807, 2.05) is 0 Å². The summed E-state index contributed by atoms with van der Waals surface area (Å²) in [4.78, 5) is 11.1. The lowest BCUT2D eigenvalue weighted by Crippen LogP contribution is -2.05. The minimum atomic E-state index is -4.60. The highest BCUT2D eigenvalue weighted by molar-refractivity contribution is 5.56. The zero-order chi connectivity index (χ0) is 16.9. The standard InChI is InChI=1S/C15H10F4N4O/c16-11-3-7(15(17,18)19)1-2-8(11)13-22-14(24-23-13)10-4-9(10)12-5-20-6-21-12/h1-3,5-6,9-10H,4H2,(H,20,21)/t9-,10-/m1/s1. The van der Waals surface area contributed by atoms with Crippen molar-refractivity contribution in [2.24, 2.45) is 0 Å². The van der Waals surface area contributed by atoms with Crippen molar-refractivity contribution in [2.75, 3.05) is 0 Å². The number of nitrogens with one attached hydrogen (secondary N) is 1. The number of alkyl halides is 3. The second kappa shape index (κ2) is 5.15. The first-order chi connectivity index (χ1) is 11.4. The second-order valence-corrected chi connectivity index (χ2v) is 5.60. The highest BCUT2D eigenvalue weighted by Crippen LogP contribution is 2.53. The molecule has 1 saturated carbocycles. The van der Waals surface area contributed by atoms with Gasteiger partial charge in [0.15, 0.2) is 0 Å². The monoisotopic (exact) mass is 338 g/mol. The van der Waals surface area contributed by atoms with E-state index in [0.717, 1.165) is 24.2 Å². The Morgan fingerprint density at radius 2 is 2.04 bits per heavy atom. The average molecular weight is 338 g/mol. The molecule has 1 fully saturated rings. The molecule has 3 aromatic rings. The predicted molar refractivity (Wildman–Crippen MR) is 73.4 cm³/mol. The van der Waals surface area contributed by atoms with Gasteiger partial charge in [-0.2, -0.15) is 18.2 Å². The van der Waals surface area contributed by atoms with E-state index < -0.39 is 17.6 Å². The van der Waals surface area contributed by atoms with E-state index in [1.54, 1.807) is 12.5 Å². The van der Waals surface area contributed by atoms with Crippen molar-refractivity contribution in [2.45, 2.75) is 24.4 Å². The van der Waals surface area contributed by atoms with Crippen LogP contribution in [0.5, 0.6) is 0 Å². The van der Waals surface area contributed by atoms with Crippen LogP contribution in [0.4, 0.5) is 17.6 Å². The molecule has 5 nitrogen and oxygen atoms in total. The zero-order valence-electron chi connectivity index (χ0n) is 12.0. The Morgan fingerprint density at radius 3 is 2.71 bits per heavy atom. The quantitative estimate of drug-likeness (QED) is 0.736. The number of H-pyrrole nitrogens is 1. The van der Waals surface area contributed by atoms with Crippen molar-refractivity contribution in [3.63, 3.8) is 0 Å². The first kappa shape index (κ1) is 14.9. The fourth-order valence-corrected chi connectivity index (χ4v) is 2.65. The molecule has 2 atom stereocenters. The highest BCUT2D eigenvalue weighted by Gasteiger charge is 2.44. The van der Waals surface area contributed by atoms with Gasteiger partial charge in [-0.1, -0.05) is 5.16 Å². The SMILES string of the molecule is Fc1cc(C(F)(F)F)ccc1-c1noc([C@@H]2C[C@H]2c2cnc[nH]2)n1. The maximum atomic E-state index is 14.0. The van der Waals surface area contributed by atoms with Crippen LogP contribution in [0.15, 0.2) is 35.2 Å². The molecule has 4 rings (SSSR count). The van der Waals surface area contributed by atoms with Gasteiger partial charge in [0.05, 0.1) is 17.5 Å². The van der Waals surface area contributed by atoms with Gasteiger partial charge in [0.2, 0.25) is 11.7 Å². The molecule has 0 aliphatic heterocycles. The second-order valence-electron chi connectivity index (χ2n) is 5.60. The summed E-state index contributed by atoms with van der Waals surface area (Å²) in [6.07, 6.45) is -0.536. The van der Waals surface area contributed by atoms with E-state index in [4.69, 9.17) is 4.52 Å². The molecule has 24 heavy (non-hydrogen) atoms. The number of aromatic nitrogens is 4. The van der Waals surface area contributed by atoms with E-state index in [0.29, 0.717) is 12.0 Å². The van der Waals surface area contributed by atoms with E-state index in [2.05, 4.69) is 20.1 Å². The van der Waals surface area contributed by atoms with Crippen molar-refractivity contribution in [3.05, 3.63) is 53.7 Å².